The molecule has 0 aliphatic carbocycles. The highest BCUT2D eigenvalue weighted by molar-refractivity contribution is 7.89. The number of hydrogen-bond donors (Lipinski definition) is 1. The van der Waals surface area contributed by atoms with Crippen LogP contribution in [0.25, 0.3) is 0 Å². The Kier molecular flexibility index (Phi) is 4.98. The highest BCUT2D eigenvalue weighted by atomic mass is 32.2. The van der Waals surface area contributed by atoms with Gasteiger partial charge in [-0.2, -0.15) is 0 Å². The van der Waals surface area contributed by atoms with Crippen molar-refractivity contribution < 1.29 is 18.2 Å². The van der Waals surface area contributed by atoms with Crippen LogP contribution in [0.2, 0.25) is 0 Å². The summed E-state index contributed by atoms with van der Waals surface area (Å²) in [4.78, 5) is 16.5. The predicted octanol–water partition coefficient (Wildman–Crippen LogP) is 1.77. The Labute approximate surface area is 111 Å². The molecule has 0 spiro atoms. The molecule has 0 bridgehead atoms. The van der Waals surface area contributed by atoms with E-state index in [2.05, 4.69) is 0 Å². The molecule has 19 heavy (non-hydrogen) atoms. The predicted molar refractivity (Wildman–Crippen MR) is 68.9 cm³/mol. The zero-order chi connectivity index (χ0) is 14.6. The van der Waals surface area contributed by atoms with Crippen molar-refractivity contribution in [2.75, 3.05) is 6.61 Å². The fraction of sp³-hybridized carbons (Fsp3) is 0.455. The minimum absolute atomic E-state index is 0.134. The van der Waals surface area contributed by atoms with E-state index in [1.807, 2.05) is 18.7 Å². The average molecular weight is 288 g/mol. The normalized spacial score (nSPS) is 11.8. The first-order valence-electron chi connectivity index (χ1n) is 5.63. The zero-order valence-corrected chi connectivity index (χ0v) is 11.7. The van der Waals surface area contributed by atoms with Crippen LogP contribution in [-0.4, -0.2) is 19.9 Å². The van der Waals surface area contributed by atoms with Crippen molar-refractivity contribution in [3.8, 4) is 0 Å². The van der Waals surface area contributed by atoms with Gasteiger partial charge in [-0.1, -0.05) is 30.9 Å². The Hall–Kier alpha value is -1.51. The van der Waals surface area contributed by atoms with Gasteiger partial charge in [-0.15, -0.1) is 0 Å². The highest BCUT2D eigenvalue weighted by Gasteiger charge is 2.27. The van der Waals surface area contributed by atoms with E-state index in [4.69, 9.17) is 4.84 Å². The molecular weight excluding hydrogens is 272 g/mol. The third kappa shape index (κ3) is 3.98. The molecule has 106 valence electrons. The lowest BCUT2D eigenvalue weighted by atomic mass is 10.2. The smallest absolute Gasteiger partial charge is 0.287 e. The van der Waals surface area contributed by atoms with Gasteiger partial charge in [-0.25, -0.2) is 8.42 Å². The molecule has 0 aliphatic rings. The second-order valence-corrected chi connectivity index (χ2v) is 6.05. The first-order chi connectivity index (χ1) is 8.75. The summed E-state index contributed by atoms with van der Waals surface area (Å²) >= 11 is 0. The summed E-state index contributed by atoms with van der Waals surface area (Å²) in [6, 6.07) is 4.06. The van der Waals surface area contributed by atoms with E-state index >= 15 is 0 Å². The molecule has 1 aromatic carbocycles. The molecule has 0 saturated carbocycles. The van der Waals surface area contributed by atoms with Gasteiger partial charge >= 0.3 is 0 Å². The molecule has 1 N–H and O–H groups in total. The summed E-state index contributed by atoms with van der Waals surface area (Å²) in [6.07, 6.45) is 0. The van der Waals surface area contributed by atoms with Gasteiger partial charge in [0.05, 0.1) is 11.5 Å². The lowest BCUT2D eigenvalue weighted by Gasteiger charge is -2.10. The van der Waals surface area contributed by atoms with E-state index in [0.29, 0.717) is 0 Å². The van der Waals surface area contributed by atoms with Crippen LogP contribution < -0.4 is 4.89 Å². The maximum Gasteiger partial charge on any atom is 0.289 e. The first kappa shape index (κ1) is 15.5. The van der Waals surface area contributed by atoms with Crippen LogP contribution in [0, 0.1) is 23.0 Å². The van der Waals surface area contributed by atoms with Gasteiger partial charge in [0, 0.05) is 6.07 Å². The fourth-order valence-electron chi connectivity index (χ4n) is 1.45. The van der Waals surface area contributed by atoms with Gasteiger partial charge < -0.3 is 0 Å². The maximum absolute atomic E-state index is 12.0. The summed E-state index contributed by atoms with van der Waals surface area (Å²) in [5.41, 5.74) is -0.185. The summed E-state index contributed by atoms with van der Waals surface area (Å²) in [7, 11) is -4.08. The van der Waals surface area contributed by atoms with E-state index in [9.17, 15) is 18.5 Å². The minimum atomic E-state index is -4.08. The summed E-state index contributed by atoms with van der Waals surface area (Å²) < 4.78 is 24.0. The molecule has 0 heterocycles. The summed E-state index contributed by atoms with van der Waals surface area (Å²) in [5, 5.41) is 10.9. The third-order valence-electron chi connectivity index (χ3n) is 2.24. The molecule has 7 nitrogen and oxygen atoms in total. The van der Waals surface area contributed by atoms with Crippen LogP contribution >= 0.6 is 0 Å². The van der Waals surface area contributed by atoms with Gasteiger partial charge in [-0.05, 0) is 18.4 Å². The monoisotopic (exact) mass is 288 g/mol. The zero-order valence-electron chi connectivity index (χ0n) is 10.9. The molecule has 0 radical (unpaired) electrons. The summed E-state index contributed by atoms with van der Waals surface area (Å²) in [5.74, 6) is 0.134. The van der Waals surface area contributed by atoms with Crippen LogP contribution in [-0.2, 0) is 14.9 Å². The van der Waals surface area contributed by atoms with Gasteiger partial charge in [0.1, 0.15) is 0 Å². The Bertz CT molecular complexity index is 568. The fourth-order valence-corrected chi connectivity index (χ4v) is 2.67. The lowest BCUT2D eigenvalue weighted by molar-refractivity contribution is -0.387. The Balaban J connectivity index is 3.10. The standard InChI is InChI=1S/C11H16N2O5S/c1-8(2)7-18-12-19(16,17)11-9(3)5-4-6-10(11)13(14)15/h4-6,8,12H,7H2,1-3H3. The van der Waals surface area contributed by atoms with Crippen molar-refractivity contribution in [3.63, 3.8) is 0 Å². The van der Waals surface area contributed by atoms with E-state index in [-0.39, 0.29) is 23.0 Å². The molecule has 8 heteroatoms. The number of hydrogen-bond acceptors (Lipinski definition) is 5. The molecule has 0 atom stereocenters. The Morgan fingerprint density at radius 3 is 2.58 bits per heavy atom. The third-order valence-corrected chi connectivity index (χ3v) is 3.65. The molecule has 0 fully saturated rings. The number of nitro groups is 1. The van der Waals surface area contributed by atoms with Crippen LogP contribution in [0.4, 0.5) is 5.69 Å². The minimum Gasteiger partial charge on any atom is -0.287 e. The number of sulfonamides is 1. The quantitative estimate of drug-likeness (QED) is 0.635. The van der Waals surface area contributed by atoms with Crippen LogP contribution in [0.3, 0.4) is 0 Å². The molecule has 0 aliphatic heterocycles. The summed E-state index contributed by atoms with van der Waals surface area (Å²) in [6.45, 7) is 5.37. The van der Waals surface area contributed by atoms with E-state index in [0.717, 1.165) is 6.07 Å². The number of nitrogens with one attached hydrogen (secondary N) is 1. The number of nitrogens with zero attached hydrogens (tertiary/aromatic N) is 1. The van der Waals surface area contributed by atoms with Crippen molar-refractivity contribution in [2.45, 2.75) is 25.7 Å². The molecule has 0 saturated heterocycles. The largest absolute Gasteiger partial charge is 0.289 e. The highest BCUT2D eigenvalue weighted by Crippen LogP contribution is 2.26. The molecule has 0 aromatic heterocycles. The number of benzene rings is 1. The van der Waals surface area contributed by atoms with E-state index < -0.39 is 20.6 Å². The van der Waals surface area contributed by atoms with Crippen LogP contribution in [0.15, 0.2) is 23.1 Å². The molecular formula is C11H16N2O5S. The van der Waals surface area contributed by atoms with Gasteiger partial charge in [0.15, 0.2) is 4.90 Å². The molecule has 1 rings (SSSR count). The van der Waals surface area contributed by atoms with Crippen molar-refractivity contribution in [1.29, 1.82) is 0 Å². The van der Waals surface area contributed by atoms with Gasteiger partial charge in [0.2, 0.25) is 0 Å². The van der Waals surface area contributed by atoms with Crippen LogP contribution in [0.5, 0.6) is 0 Å². The maximum atomic E-state index is 12.0. The average Bonchev–Trinajstić information content (AvgIpc) is 2.27. The van der Waals surface area contributed by atoms with Crippen molar-refractivity contribution in [2.24, 2.45) is 5.92 Å². The second-order valence-electron chi connectivity index (χ2n) is 4.47. The second kappa shape index (κ2) is 6.09. The molecule has 0 unspecified atom stereocenters. The molecule has 1 aromatic rings. The number of aryl methyl sites for hydroxylation is 1. The number of nitro benzene ring substituents is 1. The van der Waals surface area contributed by atoms with Crippen molar-refractivity contribution >= 4 is 15.7 Å². The van der Waals surface area contributed by atoms with Crippen molar-refractivity contribution in [1.82, 2.24) is 4.89 Å². The first-order valence-corrected chi connectivity index (χ1v) is 7.11. The SMILES string of the molecule is Cc1cccc([N+](=O)[O-])c1S(=O)(=O)NOCC(C)C. The van der Waals surface area contributed by atoms with E-state index in [1.54, 1.807) is 0 Å². The van der Waals surface area contributed by atoms with Crippen LogP contribution in [0.1, 0.15) is 19.4 Å². The topological polar surface area (TPSA) is 98.5 Å². The van der Waals surface area contributed by atoms with Crippen molar-refractivity contribution in [3.05, 3.63) is 33.9 Å². The lowest BCUT2D eigenvalue weighted by Crippen LogP contribution is -2.27. The van der Waals surface area contributed by atoms with E-state index in [1.165, 1.54) is 19.1 Å². The Morgan fingerprint density at radius 1 is 1.42 bits per heavy atom. The molecule has 0 amide bonds. The van der Waals surface area contributed by atoms with Gasteiger partial charge in [-0.3, -0.25) is 15.0 Å². The van der Waals surface area contributed by atoms with Gasteiger partial charge in [0.25, 0.3) is 15.7 Å². The number of rotatable bonds is 6. The Morgan fingerprint density at radius 2 is 2.05 bits per heavy atom.